The van der Waals surface area contributed by atoms with Crippen LogP contribution in [-0.2, 0) is 17.1 Å². The van der Waals surface area contributed by atoms with E-state index in [0.29, 0.717) is 17.1 Å². The second kappa shape index (κ2) is 6.53. The summed E-state index contributed by atoms with van der Waals surface area (Å²) in [6.45, 7) is 3.70. The van der Waals surface area contributed by atoms with Crippen molar-refractivity contribution in [3.8, 4) is 16.5 Å². The van der Waals surface area contributed by atoms with Crippen molar-refractivity contribution in [1.82, 2.24) is 9.55 Å². The van der Waals surface area contributed by atoms with Crippen molar-refractivity contribution in [1.29, 1.82) is 0 Å². The third-order valence-corrected chi connectivity index (χ3v) is 6.44. The summed E-state index contributed by atoms with van der Waals surface area (Å²) in [6.07, 6.45) is 0. The molecular formula is C17H19N3O3S2. The summed E-state index contributed by atoms with van der Waals surface area (Å²) < 4.78 is 35.2. The molecule has 0 aliphatic carbocycles. The lowest BCUT2D eigenvalue weighted by atomic mass is 10.3. The molecule has 132 valence electrons. The van der Waals surface area contributed by atoms with Gasteiger partial charge in [0.05, 0.1) is 12.8 Å². The number of benzene rings is 1. The highest BCUT2D eigenvalue weighted by molar-refractivity contribution is 7.92. The molecule has 3 aromatic rings. The number of aryl methyl sites for hydroxylation is 1. The van der Waals surface area contributed by atoms with E-state index in [0.717, 1.165) is 16.4 Å². The third-order valence-electron chi connectivity index (χ3n) is 3.96. The van der Waals surface area contributed by atoms with Crippen molar-refractivity contribution in [2.24, 2.45) is 7.05 Å². The maximum Gasteiger partial charge on any atom is 0.263 e. The van der Waals surface area contributed by atoms with Crippen LogP contribution in [0.4, 0.5) is 5.69 Å². The van der Waals surface area contributed by atoms with E-state index >= 15 is 0 Å². The number of hydrogen-bond donors (Lipinski definition) is 1. The van der Waals surface area contributed by atoms with Crippen LogP contribution in [0.25, 0.3) is 10.7 Å². The minimum atomic E-state index is -3.70. The zero-order valence-corrected chi connectivity index (χ0v) is 16.0. The van der Waals surface area contributed by atoms with E-state index in [1.807, 2.05) is 23.9 Å². The molecule has 3 rings (SSSR count). The molecule has 0 radical (unpaired) electrons. The first-order valence-electron chi connectivity index (χ1n) is 7.57. The second-order valence-electron chi connectivity index (χ2n) is 5.67. The van der Waals surface area contributed by atoms with Crippen LogP contribution in [0.2, 0.25) is 0 Å². The summed E-state index contributed by atoms with van der Waals surface area (Å²) in [6, 6.07) is 8.41. The molecule has 25 heavy (non-hydrogen) atoms. The number of nitrogens with zero attached hydrogens (tertiary/aromatic N) is 2. The van der Waals surface area contributed by atoms with Gasteiger partial charge in [-0.3, -0.25) is 4.72 Å². The van der Waals surface area contributed by atoms with Crippen molar-refractivity contribution >= 4 is 27.0 Å². The Kier molecular flexibility index (Phi) is 4.57. The van der Waals surface area contributed by atoms with Gasteiger partial charge in [-0.1, -0.05) is 0 Å². The van der Waals surface area contributed by atoms with E-state index in [4.69, 9.17) is 4.74 Å². The first kappa shape index (κ1) is 17.5. The van der Waals surface area contributed by atoms with Crippen LogP contribution < -0.4 is 9.46 Å². The SMILES string of the molecule is COc1ccc(NS(=O)(=O)c2cc(-c3nc(C)cs3)n(C)c2C)cc1. The molecule has 0 unspecified atom stereocenters. The van der Waals surface area contributed by atoms with E-state index < -0.39 is 10.0 Å². The maximum absolute atomic E-state index is 12.8. The molecule has 0 amide bonds. The van der Waals surface area contributed by atoms with Crippen molar-refractivity contribution in [2.45, 2.75) is 18.7 Å². The van der Waals surface area contributed by atoms with Crippen LogP contribution in [0.1, 0.15) is 11.4 Å². The van der Waals surface area contributed by atoms with Gasteiger partial charge < -0.3 is 9.30 Å². The molecule has 0 aliphatic heterocycles. The predicted molar refractivity (Wildman–Crippen MR) is 99.8 cm³/mol. The van der Waals surface area contributed by atoms with E-state index in [1.54, 1.807) is 44.4 Å². The van der Waals surface area contributed by atoms with E-state index in [-0.39, 0.29) is 4.90 Å². The first-order valence-corrected chi connectivity index (χ1v) is 9.94. The maximum atomic E-state index is 12.8. The number of hydrogen-bond acceptors (Lipinski definition) is 5. The second-order valence-corrected chi connectivity index (χ2v) is 8.18. The number of anilines is 1. The molecule has 6 nitrogen and oxygen atoms in total. The van der Waals surface area contributed by atoms with Crippen molar-refractivity contribution < 1.29 is 13.2 Å². The fourth-order valence-corrected chi connectivity index (χ4v) is 4.69. The highest BCUT2D eigenvalue weighted by Gasteiger charge is 2.23. The summed E-state index contributed by atoms with van der Waals surface area (Å²) in [5.41, 5.74) is 2.84. The van der Waals surface area contributed by atoms with Gasteiger partial charge in [0.2, 0.25) is 0 Å². The summed E-state index contributed by atoms with van der Waals surface area (Å²) in [5, 5.41) is 2.75. The molecule has 8 heteroatoms. The summed E-state index contributed by atoms with van der Waals surface area (Å²) >= 11 is 1.50. The van der Waals surface area contributed by atoms with Crippen LogP contribution in [0.15, 0.2) is 40.6 Å². The number of nitrogens with one attached hydrogen (secondary N) is 1. The van der Waals surface area contributed by atoms with Crippen molar-refractivity contribution in [3.63, 3.8) is 0 Å². The van der Waals surface area contributed by atoms with Crippen LogP contribution in [0, 0.1) is 13.8 Å². The number of thiazole rings is 1. The van der Waals surface area contributed by atoms with E-state index in [9.17, 15) is 8.42 Å². The molecule has 1 aromatic carbocycles. The average Bonchev–Trinajstić information content (AvgIpc) is 3.13. The smallest absolute Gasteiger partial charge is 0.263 e. The van der Waals surface area contributed by atoms with Crippen molar-refractivity contribution in [3.05, 3.63) is 47.1 Å². The van der Waals surface area contributed by atoms with Gasteiger partial charge in [0, 0.05) is 29.5 Å². The van der Waals surface area contributed by atoms with Gasteiger partial charge in [-0.05, 0) is 44.2 Å². The van der Waals surface area contributed by atoms with Gasteiger partial charge in [0.1, 0.15) is 15.7 Å². The molecule has 0 atom stereocenters. The Bertz CT molecular complexity index is 1000. The lowest BCUT2D eigenvalue weighted by molar-refractivity contribution is 0.415. The minimum Gasteiger partial charge on any atom is -0.497 e. The molecule has 1 N–H and O–H groups in total. The fourth-order valence-electron chi connectivity index (χ4n) is 2.49. The Morgan fingerprint density at radius 3 is 2.44 bits per heavy atom. The molecule has 0 spiro atoms. The van der Waals surface area contributed by atoms with Crippen molar-refractivity contribution in [2.75, 3.05) is 11.8 Å². The topological polar surface area (TPSA) is 73.2 Å². The Morgan fingerprint density at radius 1 is 1.20 bits per heavy atom. The molecule has 0 aliphatic rings. The summed E-state index contributed by atoms with van der Waals surface area (Å²) in [7, 11) is -0.296. The Labute approximate surface area is 151 Å². The van der Waals surface area contributed by atoms with Crippen LogP contribution in [0.3, 0.4) is 0 Å². The van der Waals surface area contributed by atoms with Gasteiger partial charge in [-0.25, -0.2) is 13.4 Å². The Morgan fingerprint density at radius 2 is 1.88 bits per heavy atom. The lowest BCUT2D eigenvalue weighted by Crippen LogP contribution is -2.13. The molecule has 0 fully saturated rings. The normalized spacial score (nSPS) is 11.5. The fraction of sp³-hybridized carbons (Fsp3) is 0.235. The first-order chi connectivity index (χ1) is 11.8. The molecule has 2 heterocycles. The molecular weight excluding hydrogens is 358 g/mol. The van der Waals surface area contributed by atoms with Crippen LogP contribution in [-0.4, -0.2) is 25.1 Å². The molecule has 0 bridgehead atoms. The highest BCUT2D eigenvalue weighted by Crippen LogP contribution is 2.30. The Balaban J connectivity index is 1.96. The van der Waals surface area contributed by atoms with Crippen LogP contribution >= 0.6 is 11.3 Å². The quantitative estimate of drug-likeness (QED) is 0.738. The molecule has 0 saturated carbocycles. The average molecular weight is 377 g/mol. The number of sulfonamides is 1. The number of aromatic nitrogens is 2. The summed E-state index contributed by atoms with van der Waals surface area (Å²) in [4.78, 5) is 4.69. The molecule has 0 saturated heterocycles. The lowest BCUT2D eigenvalue weighted by Gasteiger charge is -2.09. The largest absolute Gasteiger partial charge is 0.497 e. The van der Waals surface area contributed by atoms with Gasteiger partial charge >= 0.3 is 0 Å². The zero-order chi connectivity index (χ0) is 18.2. The zero-order valence-electron chi connectivity index (χ0n) is 14.4. The highest BCUT2D eigenvalue weighted by atomic mass is 32.2. The van der Waals surface area contributed by atoms with Gasteiger partial charge in [0.25, 0.3) is 10.0 Å². The standard InChI is InChI=1S/C17H19N3O3S2/c1-11-10-24-17(18-11)15-9-16(12(2)20(15)3)25(21,22)19-13-5-7-14(23-4)8-6-13/h5-10,19H,1-4H3. The predicted octanol–water partition coefficient (Wildman–Crippen LogP) is 3.57. The monoisotopic (exact) mass is 377 g/mol. The van der Waals surface area contributed by atoms with Crippen LogP contribution in [0.5, 0.6) is 5.75 Å². The van der Waals surface area contributed by atoms with E-state index in [1.165, 1.54) is 11.3 Å². The number of ether oxygens (including phenoxy) is 1. The number of methoxy groups -OCH3 is 1. The van der Waals surface area contributed by atoms with Gasteiger partial charge in [0.15, 0.2) is 0 Å². The minimum absolute atomic E-state index is 0.244. The van der Waals surface area contributed by atoms with Gasteiger partial charge in [-0.15, -0.1) is 11.3 Å². The molecule has 2 aromatic heterocycles. The van der Waals surface area contributed by atoms with E-state index in [2.05, 4.69) is 9.71 Å². The number of rotatable bonds is 5. The third kappa shape index (κ3) is 3.40. The Hall–Kier alpha value is -2.32. The summed E-state index contributed by atoms with van der Waals surface area (Å²) in [5.74, 6) is 0.667. The van der Waals surface area contributed by atoms with Gasteiger partial charge in [-0.2, -0.15) is 0 Å².